The van der Waals surface area contributed by atoms with Crippen molar-refractivity contribution in [3.63, 3.8) is 0 Å². The Hall–Kier alpha value is -1.88. The lowest BCUT2D eigenvalue weighted by Crippen LogP contribution is -2.08. The van der Waals surface area contributed by atoms with E-state index in [0.717, 1.165) is 25.1 Å². The van der Waals surface area contributed by atoms with Crippen LogP contribution in [-0.2, 0) is 12.8 Å². The number of nitrogens with zero attached hydrogens (tertiary/aromatic N) is 1. The zero-order valence-electron chi connectivity index (χ0n) is 10.7. The Bertz CT molecular complexity index is 553. The van der Waals surface area contributed by atoms with E-state index in [1.165, 1.54) is 4.88 Å². The fraction of sp³-hybridized carbons (Fsp3) is 0.286. The Morgan fingerprint density at radius 1 is 1.47 bits per heavy atom. The van der Waals surface area contributed by atoms with Crippen LogP contribution >= 0.6 is 11.3 Å². The van der Waals surface area contributed by atoms with Crippen molar-refractivity contribution in [1.82, 2.24) is 4.98 Å². The number of pyridine rings is 1. The predicted octanol–water partition coefficient (Wildman–Crippen LogP) is 3.06. The number of carboxylic acid groups (broad SMARTS) is 1. The summed E-state index contributed by atoms with van der Waals surface area (Å²) in [5.74, 6) is -0.285. The number of carbonyl (C=O) groups is 1. The van der Waals surface area contributed by atoms with Crippen LogP contribution in [0.3, 0.4) is 0 Å². The van der Waals surface area contributed by atoms with Gasteiger partial charge in [0.15, 0.2) is 0 Å². The zero-order valence-corrected chi connectivity index (χ0v) is 11.5. The first-order valence-electron chi connectivity index (χ1n) is 6.19. The molecule has 0 radical (unpaired) electrons. The summed E-state index contributed by atoms with van der Waals surface area (Å²) in [6.07, 6.45) is 1.64. The van der Waals surface area contributed by atoms with Gasteiger partial charge < -0.3 is 10.4 Å². The molecule has 2 heterocycles. The van der Waals surface area contributed by atoms with E-state index in [9.17, 15) is 4.79 Å². The van der Waals surface area contributed by atoms with Crippen LogP contribution in [0.1, 0.15) is 27.9 Å². The van der Waals surface area contributed by atoms with Crippen LogP contribution in [-0.4, -0.2) is 22.6 Å². The smallest absolute Gasteiger partial charge is 0.335 e. The second-order valence-electron chi connectivity index (χ2n) is 4.15. The molecule has 0 aliphatic carbocycles. The van der Waals surface area contributed by atoms with Gasteiger partial charge >= 0.3 is 5.97 Å². The number of aryl methyl sites for hydroxylation is 1. The summed E-state index contributed by atoms with van der Waals surface area (Å²) in [4.78, 5) is 16.7. The molecule has 0 saturated carbocycles. The van der Waals surface area contributed by atoms with Gasteiger partial charge in [-0.1, -0.05) is 13.0 Å². The van der Waals surface area contributed by atoms with Crippen molar-refractivity contribution in [2.24, 2.45) is 0 Å². The van der Waals surface area contributed by atoms with E-state index in [1.54, 1.807) is 23.5 Å². The van der Waals surface area contributed by atoms with Gasteiger partial charge in [0.25, 0.3) is 0 Å². The minimum Gasteiger partial charge on any atom is -0.478 e. The third kappa shape index (κ3) is 3.79. The van der Waals surface area contributed by atoms with E-state index in [0.29, 0.717) is 5.82 Å². The number of aromatic carboxylic acids is 1. The summed E-state index contributed by atoms with van der Waals surface area (Å²) >= 11 is 1.72. The molecule has 0 spiro atoms. The normalized spacial score (nSPS) is 10.4. The highest BCUT2D eigenvalue weighted by molar-refractivity contribution is 7.09. The molecule has 0 bridgehead atoms. The van der Waals surface area contributed by atoms with Crippen molar-refractivity contribution in [2.75, 3.05) is 11.9 Å². The van der Waals surface area contributed by atoms with Crippen LogP contribution in [0.25, 0.3) is 0 Å². The van der Waals surface area contributed by atoms with E-state index in [4.69, 9.17) is 5.11 Å². The maximum atomic E-state index is 11.0. The Balaban J connectivity index is 2.02. The quantitative estimate of drug-likeness (QED) is 0.851. The SMILES string of the molecule is CCc1cc(C(=O)O)cc(NCCc2cccs2)n1. The van der Waals surface area contributed by atoms with Gasteiger partial charge in [-0.3, -0.25) is 0 Å². The van der Waals surface area contributed by atoms with E-state index in [2.05, 4.69) is 16.4 Å². The molecule has 0 unspecified atom stereocenters. The highest BCUT2D eigenvalue weighted by Crippen LogP contribution is 2.13. The van der Waals surface area contributed by atoms with Gasteiger partial charge in [-0.15, -0.1) is 11.3 Å². The van der Waals surface area contributed by atoms with Crippen molar-refractivity contribution >= 4 is 23.1 Å². The molecule has 4 nitrogen and oxygen atoms in total. The van der Waals surface area contributed by atoms with E-state index in [1.807, 2.05) is 18.4 Å². The van der Waals surface area contributed by atoms with Crippen molar-refractivity contribution < 1.29 is 9.90 Å². The minimum atomic E-state index is -0.918. The first-order valence-corrected chi connectivity index (χ1v) is 7.07. The number of hydrogen-bond donors (Lipinski definition) is 2. The van der Waals surface area contributed by atoms with Crippen molar-refractivity contribution in [2.45, 2.75) is 19.8 Å². The fourth-order valence-corrected chi connectivity index (χ4v) is 2.46. The molecule has 2 N–H and O–H groups in total. The largest absolute Gasteiger partial charge is 0.478 e. The van der Waals surface area contributed by atoms with E-state index >= 15 is 0 Å². The summed E-state index contributed by atoms with van der Waals surface area (Å²) in [5, 5.41) is 14.3. The van der Waals surface area contributed by atoms with Gasteiger partial charge in [0.2, 0.25) is 0 Å². The first kappa shape index (κ1) is 13.5. The molecule has 0 amide bonds. The number of aromatic nitrogens is 1. The van der Waals surface area contributed by atoms with Crippen LogP contribution in [0.5, 0.6) is 0 Å². The monoisotopic (exact) mass is 276 g/mol. The Morgan fingerprint density at radius 2 is 2.32 bits per heavy atom. The highest BCUT2D eigenvalue weighted by Gasteiger charge is 2.07. The molecule has 2 aromatic heterocycles. The molecule has 100 valence electrons. The lowest BCUT2D eigenvalue weighted by atomic mass is 10.2. The summed E-state index contributed by atoms with van der Waals surface area (Å²) in [7, 11) is 0. The summed E-state index contributed by atoms with van der Waals surface area (Å²) in [6.45, 7) is 2.71. The molecule has 0 atom stereocenters. The van der Waals surface area contributed by atoms with Crippen molar-refractivity contribution in [3.8, 4) is 0 Å². The molecule has 0 aromatic carbocycles. The third-order valence-electron chi connectivity index (χ3n) is 2.75. The number of carboxylic acids is 1. The summed E-state index contributed by atoms with van der Waals surface area (Å²) in [6, 6.07) is 7.31. The van der Waals surface area contributed by atoms with Gasteiger partial charge in [0.05, 0.1) is 5.56 Å². The molecular formula is C14H16N2O2S. The molecule has 0 fully saturated rings. The average Bonchev–Trinajstić information content (AvgIpc) is 2.91. The third-order valence-corrected chi connectivity index (χ3v) is 3.68. The fourth-order valence-electron chi connectivity index (χ4n) is 1.75. The summed E-state index contributed by atoms with van der Waals surface area (Å²) < 4.78 is 0. The average molecular weight is 276 g/mol. The molecule has 5 heteroatoms. The standard InChI is InChI=1S/C14H16N2O2S/c1-2-11-8-10(14(17)18)9-13(16-11)15-6-5-12-4-3-7-19-12/h3-4,7-9H,2,5-6H2,1H3,(H,15,16)(H,17,18). The Morgan fingerprint density at radius 3 is 2.95 bits per heavy atom. The van der Waals surface area contributed by atoms with Crippen LogP contribution in [0.15, 0.2) is 29.6 Å². The molecule has 0 aliphatic heterocycles. The van der Waals surface area contributed by atoms with Crippen LogP contribution < -0.4 is 5.32 Å². The molecule has 0 aliphatic rings. The zero-order chi connectivity index (χ0) is 13.7. The van der Waals surface area contributed by atoms with Gasteiger partial charge in [0, 0.05) is 17.1 Å². The van der Waals surface area contributed by atoms with Gasteiger partial charge in [0.1, 0.15) is 5.82 Å². The van der Waals surface area contributed by atoms with Crippen LogP contribution in [0, 0.1) is 0 Å². The number of nitrogens with one attached hydrogen (secondary N) is 1. The predicted molar refractivity (Wildman–Crippen MR) is 77.1 cm³/mol. The number of hydrogen-bond acceptors (Lipinski definition) is 4. The number of anilines is 1. The lowest BCUT2D eigenvalue weighted by molar-refractivity contribution is 0.0696. The van der Waals surface area contributed by atoms with Gasteiger partial charge in [-0.25, -0.2) is 9.78 Å². The Labute approximate surface area is 116 Å². The summed E-state index contributed by atoms with van der Waals surface area (Å²) in [5.41, 5.74) is 1.07. The molecular weight excluding hydrogens is 260 g/mol. The minimum absolute atomic E-state index is 0.283. The Kier molecular flexibility index (Phi) is 4.52. The molecule has 2 aromatic rings. The van der Waals surface area contributed by atoms with Gasteiger partial charge in [-0.2, -0.15) is 0 Å². The maximum absolute atomic E-state index is 11.0. The van der Waals surface area contributed by atoms with Crippen molar-refractivity contribution in [3.05, 3.63) is 45.8 Å². The van der Waals surface area contributed by atoms with E-state index in [-0.39, 0.29) is 5.56 Å². The molecule has 0 saturated heterocycles. The van der Waals surface area contributed by atoms with Crippen LogP contribution in [0.2, 0.25) is 0 Å². The number of rotatable bonds is 6. The van der Waals surface area contributed by atoms with Gasteiger partial charge in [-0.05, 0) is 36.4 Å². The maximum Gasteiger partial charge on any atom is 0.335 e. The van der Waals surface area contributed by atoms with Crippen molar-refractivity contribution in [1.29, 1.82) is 0 Å². The highest BCUT2D eigenvalue weighted by atomic mass is 32.1. The first-order chi connectivity index (χ1) is 9.19. The van der Waals surface area contributed by atoms with Crippen LogP contribution in [0.4, 0.5) is 5.82 Å². The lowest BCUT2D eigenvalue weighted by Gasteiger charge is -2.08. The number of thiophene rings is 1. The topological polar surface area (TPSA) is 62.2 Å². The molecule has 19 heavy (non-hydrogen) atoms. The second kappa shape index (κ2) is 6.33. The molecule has 2 rings (SSSR count). The second-order valence-corrected chi connectivity index (χ2v) is 5.18. The van der Waals surface area contributed by atoms with E-state index < -0.39 is 5.97 Å².